The van der Waals surface area contributed by atoms with Crippen molar-refractivity contribution in [1.82, 2.24) is 10.5 Å². The van der Waals surface area contributed by atoms with Gasteiger partial charge in [0, 0.05) is 11.6 Å². The summed E-state index contributed by atoms with van der Waals surface area (Å²) in [7, 11) is -3.67. The Hall–Kier alpha value is -2.19. The molecular formula is C18H22N2O5S. The molecule has 1 aromatic heterocycles. The minimum Gasteiger partial charge on any atom is -0.355 e. The lowest BCUT2D eigenvalue weighted by atomic mass is 10.1. The number of aromatic nitrogens is 1. The number of hydrogen-bond donors (Lipinski definition) is 1. The van der Waals surface area contributed by atoms with E-state index in [-0.39, 0.29) is 24.2 Å². The Morgan fingerprint density at radius 1 is 1.27 bits per heavy atom. The van der Waals surface area contributed by atoms with Crippen molar-refractivity contribution in [3.8, 4) is 11.3 Å². The van der Waals surface area contributed by atoms with Gasteiger partial charge in [-0.15, -0.1) is 0 Å². The van der Waals surface area contributed by atoms with Crippen LogP contribution in [0, 0.1) is 6.92 Å². The van der Waals surface area contributed by atoms with Gasteiger partial charge in [0.25, 0.3) is 16.0 Å². The fraction of sp³-hybridized carbons (Fsp3) is 0.444. The molecule has 7 nitrogen and oxygen atoms in total. The zero-order valence-electron chi connectivity index (χ0n) is 14.8. The van der Waals surface area contributed by atoms with Crippen LogP contribution >= 0.6 is 0 Å². The third-order valence-corrected chi connectivity index (χ3v) is 4.97. The second-order valence-electron chi connectivity index (χ2n) is 6.63. The summed E-state index contributed by atoms with van der Waals surface area (Å²) in [6.45, 7) is 1.65. The van der Waals surface area contributed by atoms with Crippen LogP contribution in [-0.4, -0.2) is 31.8 Å². The van der Waals surface area contributed by atoms with Gasteiger partial charge >= 0.3 is 0 Å². The highest BCUT2D eigenvalue weighted by atomic mass is 32.2. The van der Waals surface area contributed by atoms with Crippen molar-refractivity contribution in [1.29, 1.82) is 0 Å². The molecule has 0 saturated heterocycles. The Bertz CT molecular complexity index is 881. The van der Waals surface area contributed by atoms with Gasteiger partial charge < -0.3 is 9.84 Å². The maximum atomic E-state index is 12.6. The van der Waals surface area contributed by atoms with Crippen molar-refractivity contribution in [2.75, 3.05) is 6.26 Å². The van der Waals surface area contributed by atoms with E-state index in [1.807, 2.05) is 31.2 Å². The van der Waals surface area contributed by atoms with Crippen LogP contribution in [-0.2, 0) is 20.9 Å². The normalized spacial score (nSPS) is 15.3. The molecule has 1 aliphatic carbocycles. The number of hydrogen-bond acceptors (Lipinski definition) is 6. The van der Waals surface area contributed by atoms with Crippen molar-refractivity contribution < 1.29 is 21.9 Å². The molecule has 26 heavy (non-hydrogen) atoms. The Labute approximate surface area is 152 Å². The van der Waals surface area contributed by atoms with Crippen molar-refractivity contribution in [3.63, 3.8) is 0 Å². The van der Waals surface area contributed by atoms with E-state index >= 15 is 0 Å². The quantitative estimate of drug-likeness (QED) is 0.776. The second-order valence-corrected chi connectivity index (χ2v) is 8.27. The zero-order chi connectivity index (χ0) is 18.7. The molecule has 3 rings (SSSR count). The smallest absolute Gasteiger partial charge is 0.274 e. The van der Waals surface area contributed by atoms with E-state index < -0.39 is 10.1 Å². The van der Waals surface area contributed by atoms with E-state index in [0.29, 0.717) is 16.9 Å². The monoisotopic (exact) mass is 378 g/mol. The summed E-state index contributed by atoms with van der Waals surface area (Å²) in [5, 5.41) is 6.84. The van der Waals surface area contributed by atoms with Gasteiger partial charge in [-0.25, -0.2) is 0 Å². The highest BCUT2D eigenvalue weighted by Gasteiger charge is 2.26. The van der Waals surface area contributed by atoms with Crippen LogP contribution in [0.15, 0.2) is 28.8 Å². The summed E-state index contributed by atoms with van der Waals surface area (Å²) in [4.78, 5) is 12.6. The summed E-state index contributed by atoms with van der Waals surface area (Å²) in [6.07, 6.45) is 5.00. The molecule has 0 bridgehead atoms. The minimum absolute atomic E-state index is 0.0659. The Morgan fingerprint density at radius 2 is 1.92 bits per heavy atom. The van der Waals surface area contributed by atoms with Crippen molar-refractivity contribution in [2.45, 2.75) is 45.3 Å². The Balaban J connectivity index is 1.92. The summed E-state index contributed by atoms with van der Waals surface area (Å²) in [5.41, 5.74) is 2.17. The number of nitrogens with zero attached hydrogens (tertiary/aromatic N) is 1. The average Bonchev–Trinajstić information content (AvgIpc) is 3.22. The average molecular weight is 378 g/mol. The minimum atomic E-state index is -3.67. The van der Waals surface area contributed by atoms with E-state index in [2.05, 4.69) is 10.5 Å². The van der Waals surface area contributed by atoms with Crippen molar-refractivity contribution >= 4 is 16.0 Å². The summed E-state index contributed by atoms with van der Waals surface area (Å²) in [5.74, 6) is -0.0312. The first-order chi connectivity index (χ1) is 12.3. The second kappa shape index (κ2) is 7.59. The van der Waals surface area contributed by atoms with Crippen LogP contribution in [0.4, 0.5) is 0 Å². The molecule has 0 aliphatic heterocycles. The van der Waals surface area contributed by atoms with Gasteiger partial charge in [0.1, 0.15) is 0 Å². The summed E-state index contributed by atoms with van der Waals surface area (Å²) >= 11 is 0. The molecular weight excluding hydrogens is 356 g/mol. The molecule has 1 saturated carbocycles. The predicted octanol–water partition coefficient (Wildman–Crippen LogP) is 2.80. The molecule has 1 N–H and O–H groups in total. The number of carbonyl (C=O) groups excluding carboxylic acids is 1. The number of amides is 1. The molecule has 1 fully saturated rings. The number of carbonyl (C=O) groups is 1. The van der Waals surface area contributed by atoms with Crippen LogP contribution in [0.25, 0.3) is 11.3 Å². The first-order valence-electron chi connectivity index (χ1n) is 8.54. The number of nitrogens with one attached hydrogen (secondary N) is 1. The Kier molecular flexibility index (Phi) is 5.43. The van der Waals surface area contributed by atoms with Gasteiger partial charge in [-0.3, -0.25) is 8.98 Å². The standard InChI is InChI=1S/C18H22N2O5S/c1-12-7-9-13(10-8-12)17-15(11-24-26(2,22)23)16(20-25-17)18(21)19-14-5-3-4-6-14/h7-10,14H,3-6,11H2,1-2H3,(H,19,21). The highest BCUT2D eigenvalue weighted by Crippen LogP contribution is 2.28. The molecule has 1 aliphatic rings. The van der Waals surface area contributed by atoms with Crippen molar-refractivity contribution in [3.05, 3.63) is 41.1 Å². The molecule has 2 aromatic rings. The molecule has 1 amide bonds. The van der Waals surface area contributed by atoms with E-state index in [0.717, 1.165) is 37.5 Å². The van der Waals surface area contributed by atoms with Crippen LogP contribution in [0.5, 0.6) is 0 Å². The molecule has 8 heteroatoms. The fourth-order valence-corrected chi connectivity index (χ4v) is 3.38. The first kappa shape index (κ1) is 18.6. The third-order valence-electron chi connectivity index (χ3n) is 4.42. The van der Waals surface area contributed by atoms with Crippen LogP contribution in [0.3, 0.4) is 0 Å². The van der Waals surface area contributed by atoms with Gasteiger partial charge in [0.2, 0.25) is 0 Å². The highest BCUT2D eigenvalue weighted by molar-refractivity contribution is 7.85. The zero-order valence-corrected chi connectivity index (χ0v) is 15.6. The molecule has 0 unspecified atom stereocenters. The lowest BCUT2D eigenvalue weighted by Gasteiger charge is -2.11. The Morgan fingerprint density at radius 3 is 2.54 bits per heavy atom. The largest absolute Gasteiger partial charge is 0.355 e. The van der Waals surface area contributed by atoms with Crippen LogP contribution in [0.2, 0.25) is 0 Å². The SMILES string of the molecule is Cc1ccc(-c2onc(C(=O)NC3CCCC3)c2COS(C)(=O)=O)cc1. The van der Waals surface area contributed by atoms with Gasteiger partial charge in [-0.2, -0.15) is 8.42 Å². The number of benzene rings is 1. The summed E-state index contributed by atoms with van der Waals surface area (Å²) < 4.78 is 33.1. The molecule has 0 atom stereocenters. The maximum absolute atomic E-state index is 12.6. The number of rotatable bonds is 6. The fourth-order valence-electron chi connectivity index (χ4n) is 3.04. The van der Waals surface area contributed by atoms with Gasteiger partial charge in [-0.05, 0) is 19.8 Å². The van der Waals surface area contributed by atoms with Crippen LogP contribution < -0.4 is 5.32 Å². The van der Waals surface area contributed by atoms with E-state index in [1.165, 1.54) is 0 Å². The number of aryl methyl sites for hydroxylation is 1. The van der Waals surface area contributed by atoms with Gasteiger partial charge in [0.15, 0.2) is 11.5 Å². The summed E-state index contributed by atoms with van der Waals surface area (Å²) in [6, 6.07) is 7.58. The lowest BCUT2D eigenvalue weighted by Crippen LogP contribution is -2.33. The van der Waals surface area contributed by atoms with E-state index in [9.17, 15) is 13.2 Å². The molecule has 0 spiro atoms. The van der Waals surface area contributed by atoms with E-state index in [4.69, 9.17) is 8.71 Å². The topological polar surface area (TPSA) is 98.5 Å². The molecule has 1 heterocycles. The van der Waals surface area contributed by atoms with E-state index in [1.54, 1.807) is 0 Å². The maximum Gasteiger partial charge on any atom is 0.274 e. The van der Waals surface area contributed by atoms with Crippen LogP contribution in [0.1, 0.15) is 47.3 Å². The van der Waals surface area contributed by atoms with Crippen molar-refractivity contribution in [2.24, 2.45) is 0 Å². The molecule has 0 radical (unpaired) electrons. The predicted molar refractivity (Wildman–Crippen MR) is 96.0 cm³/mol. The third kappa shape index (κ3) is 4.50. The lowest BCUT2D eigenvalue weighted by molar-refractivity contribution is 0.0926. The molecule has 140 valence electrons. The molecule has 1 aromatic carbocycles. The van der Waals surface area contributed by atoms with Gasteiger partial charge in [-0.1, -0.05) is 47.8 Å². The van der Waals surface area contributed by atoms with Gasteiger partial charge in [0.05, 0.1) is 18.4 Å². The first-order valence-corrected chi connectivity index (χ1v) is 10.4.